The van der Waals surface area contributed by atoms with Crippen LogP contribution in [0.4, 0.5) is 0 Å². The summed E-state index contributed by atoms with van der Waals surface area (Å²) in [6, 6.07) is 10.0. The number of hydrogen-bond donors (Lipinski definition) is 2. The Morgan fingerprint density at radius 3 is 2.53 bits per heavy atom. The zero-order chi connectivity index (χ0) is 27.8. The summed E-state index contributed by atoms with van der Waals surface area (Å²) in [7, 11) is 3.54. The second-order valence-corrected chi connectivity index (χ2v) is 9.11. The molecular formula is C30H44N6O2. The van der Waals surface area contributed by atoms with Gasteiger partial charge in [0.2, 0.25) is 12.4 Å². The van der Waals surface area contributed by atoms with Gasteiger partial charge in [-0.15, -0.1) is 0 Å². The van der Waals surface area contributed by atoms with Gasteiger partial charge in [-0.3, -0.25) is 19.5 Å². The van der Waals surface area contributed by atoms with Gasteiger partial charge >= 0.3 is 0 Å². The van der Waals surface area contributed by atoms with Crippen LogP contribution in [0, 0.1) is 5.92 Å². The van der Waals surface area contributed by atoms with Crippen molar-refractivity contribution < 1.29 is 9.59 Å². The van der Waals surface area contributed by atoms with Crippen molar-refractivity contribution in [2.45, 2.75) is 33.2 Å². The minimum atomic E-state index is -0.344. The molecule has 1 aliphatic heterocycles. The second kappa shape index (κ2) is 17.0. The molecule has 0 spiro atoms. The molecule has 1 aliphatic rings. The third-order valence-electron chi connectivity index (χ3n) is 6.49. The molecule has 1 aromatic rings. The monoisotopic (exact) mass is 520 g/mol. The summed E-state index contributed by atoms with van der Waals surface area (Å²) in [5.41, 5.74) is 2.13. The normalized spacial score (nSPS) is 15.8. The molecule has 2 N–H and O–H groups in total. The summed E-state index contributed by atoms with van der Waals surface area (Å²) in [5.74, 6) is 0.585. The molecule has 8 nitrogen and oxygen atoms in total. The molecule has 0 radical (unpaired) electrons. The van der Waals surface area contributed by atoms with Gasteiger partial charge in [0.05, 0.1) is 6.54 Å². The Hall–Kier alpha value is -3.65. The van der Waals surface area contributed by atoms with E-state index in [0.29, 0.717) is 43.3 Å². The van der Waals surface area contributed by atoms with Crippen LogP contribution in [0.15, 0.2) is 83.7 Å². The van der Waals surface area contributed by atoms with Crippen LogP contribution in [0.2, 0.25) is 0 Å². The highest BCUT2D eigenvalue weighted by Crippen LogP contribution is 2.20. The highest BCUT2D eigenvalue weighted by Gasteiger charge is 2.31. The zero-order valence-electron chi connectivity index (χ0n) is 23.4. The van der Waals surface area contributed by atoms with Gasteiger partial charge in [0.15, 0.2) is 0 Å². The second-order valence-electron chi connectivity index (χ2n) is 9.11. The number of carbonyl (C=O) groups excluding carboxylic acids is 2. The number of carbonyl (C=O) groups is 2. The number of nitrogens with zero attached hydrogens (tertiary/aromatic N) is 4. The van der Waals surface area contributed by atoms with Crippen LogP contribution in [0.25, 0.3) is 0 Å². The number of guanidine groups is 1. The Bertz CT molecular complexity index is 1010. The van der Waals surface area contributed by atoms with Gasteiger partial charge in [-0.1, -0.05) is 67.3 Å². The average Bonchev–Trinajstić information content (AvgIpc) is 2.95. The Labute approximate surface area is 228 Å². The van der Waals surface area contributed by atoms with Gasteiger partial charge in [0, 0.05) is 52.5 Å². The van der Waals surface area contributed by atoms with Gasteiger partial charge in [-0.2, -0.15) is 0 Å². The molecular weight excluding hydrogens is 476 g/mol. The quantitative estimate of drug-likeness (QED) is 0.103. The largest absolute Gasteiger partial charge is 0.390 e. The lowest BCUT2D eigenvalue weighted by atomic mass is 10.0. The van der Waals surface area contributed by atoms with Gasteiger partial charge in [-0.25, -0.2) is 0 Å². The number of allylic oxidation sites excluding steroid dienone is 6. The van der Waals surface area contributed by atoms with Crippen molar-refractivity contribution in [3.63, 3.8) is 0 Å². The van der Waals surface area contributed by atoms with Crippen molar-refractivity contribution in [1.82, 2.24) is 25.3 Å². The number of aliphatic imine (C=N–C) groups is 1. The Morgan fingerprint density at radius 1 is 1.24 bits per heavy atom. The first-order valence-corrected chi connectivity index (χ1v) is 13.3. The first kappa shape index (κ1) is 30.6. The molecule has 2 rings (SSSR count). The zero-order valence-corrected chi connectivity index (χ0v) is 23.4. The first-order valence-electron chi connectivity index (χ1n) is 13.3. The molecule has 1 aromatic carbocycles. The lowest BCUT2D eigenvalue weighted by Crippen LogP contribution is -2.53. The van der Waals surface area contributed by atoms with Crippen LogP contribution in [-0.2, 0) is 16.1 Å². The molecule has 1 fully saturated rings. The molecule has 0 saturated carbocycles. The van der Waals surface area contributed by atoms with E-state index in [1.165, 1.54) is 4.90 Å². The van der Waals surface area contributed by atoms with E-state index in [9.17, 15) is 9.59 Å². The van der Waals surface area contributed by atoms with E-state index >= 15 is 0 Å². The third-order valence-corrected chi connectivity index (χ3v) is 6.49. The Balaban J connectivity index is 2.39. The van der Waals surface area contributed by atoms with Crippen molar-refractivity contribution >= 4 is 18.3 Å². The summed E-state index contributed by atoms with van der Waals surface area (Å²) in [6.45, 7) is 11.6. The number of amides is 2. The van der Waals surface area contributed by atoms with E-state index < -0.39 is 0 Å². The van der Waals surface area contributed by atoms with Crippen LogP contribution in [0.1, 0.15) is 32.3 Å². The molecule has 1 atom stereocenters. The predicted molar refractivity (Wildman–Crippen MR) is 156 cm³/mol. The summed E-state index contributed by atoms with van der Waals surface area (Å²) in [4.78, 5) is 36.3. The van der Waals surface area contributed by atoms with Crippen molar-refractivity contribution in [2.75, 3.05) is 46.8 Å². The maximum atomic E-state index is 14.0. The molecule has 206 valence electrons. The molecule has 1 heterocycles. The Morgan fingerprint density at radius 2 is 1.95 bits per heavy atom. The van der Waals surface area contributed by atoms with Crippen LogP contribution < -0.4 is 10.6 Å². The maximum absolute atomic E-state index is 14.0. The SMILES string of the molecule is C=CC=CC(/C=C\C)CCCN(C=O)C(=O)/C(=C(/C)NC)N(Cc1ccccc1)C(=NC)N1CCNCC1. The minimum absolute atomic E-state index is 0.219. The highest BCUT2D eigenvalue weighted by molar-refractivity contribution is 6.02. The van der Waals surface area contributed by atoms with Gasteiger partial charge in [0.25, 0.3) is 5.91 Å². The Kier molecular flexibility index (Phi) is 13.7. The summed E-state index contributed by atoms with van der Waals surface area (Å²) in [5, 5.41) is 6.52. The summed E-state index contributed by atoms with van der Waals surface area (Å²) in [6.07, 6.45) is 12.0. The lowest BCUT2D eigenvalue weighted by Gasteiger charge is -2.38. The minimum Gasteiger partial charge on any atom is -0.390 e. The van der Waals surface area contributed by atoms with Crippen molar-refractivity contribution in [3.8, 4) is 0 Å². The molecule has 0 bridgehead atoms. The topological polar surface area (TPSA) is 80.3 Å². The van der Waals surface area contributed by atoms with Crippen molar-refractivity contribution in [2.24, 2.45) is 10.9 Å². The molecule has 0 aromatic heterocycles. The molecule has 2 amide bonds. The van der Waals surface area contributed by atoms with E-state index in [0.717, 1.165) is 38.2 Å². The van der Waals surface area contributed by atoms with Crippen molar-refractivity contribution in [3.05, 3.63) is 84.2 Å². The van der Waals surface area contributed by atoms with E-state index in [1.54, 1.807) is 20.2 Å². The van der Waals surface area contributed by atoms with Gasteiger partial charge in [0.1, 0.15) is 5.70 Å². The number of nitrogens with one attached hydrogen (secondary N) is 2. The van der Waals surface area contributed by atoms with Crippen LogP contribution in [0.5, 0.6) is 0 Å². The third kappa shape index (κ3) is 9.03. The van der Waals surface area contributed by atoms with E-state index in [1.807, 2.05) is 61.2 Å². The van der Waals surface area contributed by atoms with Crippen LogP contribution >= 0.6 is 0 Å². The van der Waals surface area contributed by atoms with Crippen LogP contribution in [0.3, 0.4) is 0 Å². The fourth-order valence-corrected chi connectivity index (χ4v) is 4.47. The lowest BCUT2D eigenvalue weighted by molar-refractivity contribution is -0.136. The number of hydrogen-bond acceptors (Lipinski definition) is 5. The molecule has 1 unspecified atom stereocenters. The number of imide groups is 1. The molecule has 8 heteroatoms. The van der Waals surface area contributed by atoms with Gasteiger partial charge < -0.3 is 20.4 Å². The average molecular weight is 521 g/mol. The maximum Gasteiger partial charge on any atom is 0.278 e. The number of benzene rings is 1. The van der Waals surface area contributed by atoms with Crippen molar-refractivity contribution in [1.29, 1.82) is 0 Å². The summed E-state index contributed by atoms with van der Waals surface area (Å²) < 4.78 is 0. The van der Waals surface area contributed by atoms with Gasteiger partial charge in [-0.05, 0) is 38.2 Å². The predicted octanol–water partition coefficient (Wildman–Crippen LogP) is 3.53. The molecule has 38 heavy (non-hydrogen) atoms. The number of piperazine rings is 1. The summed E-state index contributed by atoms with van der Waals surface area (Å²) >= 11 is 0. The van der Waals surface area contributed by atoms with E-state index in [4.69, 9.17) is 0 Å². The van der Waals surface area contributed by atoms with Crippen LogP contribution in [-0.4, -0.2) is 79.8 Å². The van der Waals surface area contributed by atoms with E-state index in [2.05, 4.69) is 39.3 Å². The molecule has 1 saturated heterocycles. The first-order chi connectivity index (χ1) is 18.5. The fourth-order valence-electron chi connectivity index (χ4n) is 4.47. The fraction of sp³-hybridized carbons (Fsp3) is 0.433. The van der Waals surface area contributed by atoms with E-state index in [-0.39, 0.29) is 11.8 Å². The molecule has 0 aliphatic carbocycles. The smallest absolute Gasteiger partial charge is 0.278 e. The standard InChI is InChI=1S/C30H44N6O2/c1-6-8-14-26(13-7-2)17-12-20-35(24-37)29(38)28(25(3)31-4)36(23-27-15-10-9-11-16-27)30(32-5)34-21-18-33-19-22-34/h6-11,13-16,24,26,31,33H,1,12,17-23H2,2-5H3/b13-7-,14-8?,28-25+,32-30?. The highest BCUT2D eigenvalue weighted by atomic mass is 16.2. The number of rotatable bonds is 13.